The van der Waals surface area contributed by atoms with Crippen molar-refractivity contribution < 1.29 is 22.7 Å². The third-order valence-corrected chi connectivity index (χ3v) is 4.90. The van der Waals surface area contributed by atoms with Crippen molar-refractivity contribution in [3.8, 4) is 11.3 Å². The van der Waals surface area contributed by atoms with Gasteiger partial charge in [0.05, 0.1) is 18.5 Å². The van der Waals surface area contributed by atoms with Crippen LogP contribution >= 0.6 is 11.3 Å². The zero-order valence-electron chi connectivity index (χ0n) is 12.7. The number of ether oxygens (including phenoxy) is 1. The lowest BCUT2D eigenvalue weighted by Gasteiger charge is -2.18. The topological polar surface area (TPSA) is 44.1 Å². The van der Waals surface area contributed by atoms with Crippen molar-refractivity contribution in [2.24, 2.45) is 0 Å². The lowest BCUT2D eigenvalue weighted by Crippen LogP contribution is -2.20. The fraction of sp³-hybridized carbons (Fsp3) is 0.467. The molecule has 0 saturated carbocycles. The van der Waals surface area contributed by atoms with Crippen LogP contribution in [0.4, 0.5) is 13.2 Å². The molecule has 0 fully saturated rings. The summed E-state index contributed by atoms with van der Waals surface area (Å²) in [6, 6.07) is 0. The first-order chi connectivity index (χ1) is 10.8. The predicted molar refractivity (Wildman–Crippen MR) is 79.7 cm³/mol. The highest BCUT2D eigenvalue weighted by Crippen LogP contribution is 2.42. The molecular formula is C15H15F3N2O2S. The van der Waals surface area contributed by atoms with Gasteiger partial charge in [-0.25, -0.2) is 4.79 Å². The average molecular weight is 344 g/mol. The summed E-state index contributed by atoms with van der Waals surface area (Å²) in [7, 11) is 0. The minimum absolute atomic E-state index is 0.266. The molecule has 2 heterocycles. The minimum atomic E-state index is -4.34. The second-order valence-corrected chi connectivity index (χ2v) is 6.58. The van der Waals surface area contributed by atoms with Crippen LogP contribution in [0.2, 0.25) is 0 Å². The summed E-state index contributed by atoms with van der Waals surface area (Å²) in [5, 5.41) is 3.90. The van der Waals surface area contributed by atoms with Gasteiger partial charge in [-0.3, -0.25) is 4.68 Å². The minimum Gasteiger partial charge on any atom is -0.462 e. The van der Waals surface area contributed by atoms with Crippen LogP contribution in [-0.2, 0) is 24.1 Å². The number of hydrogen-bond donors (Lipinski definition) is 0. The largest absolute Gasteiger partial charge is 0.462 e. The van der Waals surface area contributed by atoms with E-state index in [0.717, 1.165) is 20.7 Å². The van der Waals surface area contributed by atoms with Gasteiger partial charge < -0.3 is 4.74 Å². The van der Waals surface area contributed by atoms with Gasteiger partial charge in [-0.15, -0.1) is 11.3 Å². The Hall–Kier alpha value is -1.83. The number of halogens is 3. The van der Waals surface area contributed by atoms with Gasteiger partial charge >= 0.3 is 12.1 Å². The summed E-state index contributed by atoms with van der Waals surface area (Å²) in [4.78, 5) is 13.4. The zero-order chi connectivity index (χ0) is 16.8. The van der Waals surface area contributed by atoms with E-state index in [0.29, 0.717) is 29.0 Å². The van der Waals surface area contributed by atoms with Crippen LogP contribution in [0.25, 0.3) is 11.3 Å². The molecular weight excluding hydrogens is 329 g/mol. The third kappa shape index (κ3) is 2.87. The van der Waals surface area contributed by atoms with Gasteiger partial charge in [0.1, 0.15) is 11.4 Å². The number of nitrogens with zero attached hydrogens (tertiary/aromatic N) is 2. The maximum atomic E-state index is 12.8. The number of thiophene rings is 1. The maximum Gasteiger partial charge on any atom is 0.408 e. The van der Waals surface area contributed by atoms with Crippen LogP contribution in [0.5, 0.6) is 0 Å². The van der Waals surface area contributed by atoms with Crippen LogP contribution in [-0.4, -0.2) is 28.5 Å². The van der Waals surface area contributed by atoms with Crippen molar-refractivity contribution in [2.75, 3.05) is 6.61 Å². The molecule has 0 aromatic carbocycles. The molecule has 3 rings (SSSR count). The Morgan fingerprint density at radius 3 is 2.83 bits per heavy atom. The van der Waals surface area contributed by atoms with Crippen molar-refractivity contribution in [1.29, 1.82) is 0 Å². The molecule has 2 aromatic rings. The Morgan fingerprint density at radius 2 is 2.17 bits per heavy atom. The van der Waals surface area contributed by atoms with Crippen LogP contribution in [0, 0.1) is 6.92 Å². The van der Waals surface area contributed by atoms with E-state index < -0.39 is 18.7 Å². The number of esters is 1. The van der Waals surface area contributed by atoms with Crippen molar-refractivity contribution in [3.05, 3.63) is 27.1 Å². The second-order valence-electron chi connectivity index (χ2n) is 5.35. The van der Waals surface area contributed by atoms with Crippen LogP contribution in [0.1, 0.15) is 32.6 Å². The van der Waals surface area contributed by atoms with E-state index >= 15 is 0 Å². The quantitative estimate of drug-likeness (QED) is 0.797. The number of carbonyl (C=O) groups excluding carboxylic acids is 1. The zero-order valence-corrected chi connectivity index (χ0v) is 13.5. The molecule has 23 heavy (non-hydrogen) atoms. The van der Waals surface area contributed by atoms with E-state index in [9.17, 15) is 18.0 Å². The Labute approximate surface area is 134 Å². The first-order valence-electron chi connectivity index (χ1n) is 7.23. The molecule has 0 spiro atoms. The first kappa shape index (κ1) is 16.0. The summed E-state index contributed by atoms with van der Waals surface area (Å²) in [6.07, 6.45) is -1.67. The summed E-state index contributed by atoms with van der Waals surface area (Å²) in [6.45, 7) is 2.67. The van der Waals surface area contributed by atoms with Crippen molar-refractivity contribution in [3.63, 3.8) is 0 Å². The summed E-state index contributed by atoms with van der Waals surface area (Å²) in [5.74, 6) is -0.410. The van der Waals surface area contributed by atoms with Gasteiger partial charge in [0.15, 0.2) is 0 Å². The number of carbonyl (C=O) groups is 1. The molecule has 124 valence electrons. The molecule has 0 radical (unpaired) electrons. The van der Waals surface area contributed by atoms with Gasteiger partial charge in [-0.1, -0.05) is 0 Å². The number of alkyl halides is 3. The molecule has 0 amide bonds. The van der Waals surface area contributed by atoms with E-state index in [1.807, 2.05) is 6.92 Å². The number of aromatic nitrogens is 2. The van der Waals surface area contributed by atoms with Gasteiger partial charge in [-0.05, 0) is 37.8 Å². The van der Waals surface area contributed by atoms with Gasteiger partial charge in [0.25, 0.3) is 0 Å². The summed E-state index contributed by atoms with van der Waals surface area (Å²) in [5.41, 5.74) is 2.76. The van der Waals surface area contributed by atoms with Crippen molar-refractivity contribution in [1.82, 2.24) is 9.78 Å². The van der Waals surface area contributed by atoms with Crippen LogP contribution < -0.4 is 0 Å². The summed E-state index contributed by atoms with van der Waals surface area (Å²) >= 11 is 1.27. The van der Waals surface area contributed by atoms with Crippen molar-refractivity contribution in [2.45, 2.75) is 39.4 Å². The molecule has 2 aromatic heterocycles. The number of hydrogen-bond acceptors (Lipinski definition) is 4. The Morgan fingerprint density at radius 1 is 1.43 bits per heavy atom. The lowest BCUT2D eigenvalue weighted by atomic mass is 9.90. The fourth-order valence-electron chi connectivity index (χ4n) is 2.95. The van der Waals surface area contributed by atoms with E-state index in [1.165, 1.54) is 17.5 Å². The SMILES string of the molecule is CCOC(=O)c1sc(C)c2c1CCc1cnn(CC(F)(F)F)c1-2. The first-order valence-corrected chi connectivity index (χ1v) is 8.04. The van der Waals surface area contributed by atoms with Crippen LogP contribution in [0.3, 0.4) is 0 Å². The molecule has 0 saturated heterocycles. The maximum absolute atomic E-state index is 12.8. The smallest absolute Gasteiger partial charge is 0.408 e. The standard InChI is InChI=1S/C15H15F3N2O2S/c1-3-22-14(21)13-10-5-4-9-6-19-20(7-15(16,17)18)12(9)11(10)8(2)23-13/h6H,3-5,7H2,1-2H3. The number of rotatable bonds is 3. The number of aryl methyl sites for hydroxylation is 2. The highest BCUT2D eigenvalue weighted by atomic mass is 32.1. The molecule has 0 unspecified atom stereocenters. The molecule has 4 nitrogen and oxygen atoms in total. The van der Waals surface area contributed by atoms with Crippen molar-refractivity contribution >= 4 is 17.3 Å². The Balaban J connectivity index is 2.10. The highest BCUT2D eigenvalue weighted by Gasteiger charge is 2.34. The Kier molecular flexibility index (Phi) is 3.95. The molecule has 0 aliphatic heterocycles. The number of fused-ring (bicyclic) bond motifs is 3. The molecule has 8 heteroatoms. The van der Waals surface area contributed by atoms with Gasteiger partial charge in [-0.2, -0.15) is 18.3 Å². The lowest BCUT2D eigenvalue weighted by molar-refractivity contribution is -0.142. The molecule has 0 N–H and O–H groups in total. The van der Waals surface area contributed by atoms with E-state index in [-0.39, 0.29) is 6.61 Å². The third-order valence-electron chi connectivity index (χ3n) is 3.77. The fourth-order valence-corrected chi connectivity index (χ4v) is 4.05. The monoisotopic (exact) mass is 344 g/mol. The van der Waals surface area contributed by atoms with E-state index in [4.69, 9.17) is 4.74 Å². The molecule has 1 aliphatic rings. The normalized spacial score (nSPS) is 13.6. The second kappa shape index (κ2) is 5.67. The average Bonchev–Trinajstić information content (AvgIpc) is 2.99. The Bertz CT molecular complexity index is 762. The summed E-state index contributed by atoms with van der Waals surface area (Å²) < 4.78 is 44.3. The molecule has 0 bridgehead atoms. The highest BCUT2D eigenvalue weighted by molar-refractivity contribution is 7.14. The molecule has 1 aliphatic carbocycles. The van der Waals surface area contributed by atoms with E-state index in [1.54, 1.807) is 6.92 Å². The van der Waals surface area contributed by atoms with Gasteiger partial charge in [0, 0.05) is 10.4 Å². The van der Waals surface area contributed by atoms with Gasteiger partial charge in [0.2, 0.25) is 0 Å². The van der Waals surface area contributed by atoms with E-state index in [2.05, 4.69) is 5.10 Å². The molecule has 0 atom stereocenters. The predicted octanol–water partition coefficient (Wildman–Crippen LogP) is 3.76. The van der Waals surface area contributed by atoms with Crippen LogP contribution in [0.15, 0.2) is 6.20 Å².